The Bertz CT molecular complexity index is 1320. The number of aliphatic hydroxyl groups is 1. The number of amides is 2. The van der Waals surface area contributed by atoms with Gasteiger partial charge in [0.2, 0.25) is 0 Å². The van der Waals surface area contributed by atoms with Crippen LogP contribution in [0.25, 0.3) is 0 Å². The zero-order chi connectivity index (χ0) is 29.2. The number of carbonyl (C=O) groups excluding carboxylic acids is 2. The first kappa shape index (κ1) is 31.2. The number of thiazole rings is 1. The van der Waals surface area contributed by atoms with E-state index in [0.717, 1.165) is 24.4 Å². The smallest absolute Gasteiger partial charge is 0.420 e. The summed E-state index contributed by atoms with van der Waals surface area (Å²) in [6.45, 7) is 12.4. The molecule has 2 rings (SSSR count). The number of alkyl halides is 3. The number of allylic oxidation sites excluding steroid dienone is 4. The molecule has 39 heavy (non-hydrogen) atoms. The van der Waals surface area contributed by atoms with Crippen LogP contribution in [0.1, 0.15) is 64.6 Å². The largest absolute Gasteiger partial charge is 0.507 e. The van der Waals surface area contributed by atoms with Gasteiger partial charge in [0, 0.05) is 11.8 Å². The Labute approximate surface area is 228 Å². The van der Waals surface area contributed by atoms with E-state index in [-0.39, 0.29) is 16.3 Å². The Morgan fingerprint density at radius 3 is 2.54 bits per heavy atom. The first-order valence-electron chi connectivity index (χ1n) is 11.8. The van der Waals surface area contributed by atoms with Crippen molar-refractivity contribution in [1.82, 2.24) is 30.5 Å². The first-order valence-corrected chi connectivity index (χ1v) is 12.6. The number of aliphatic hydroxyl groups excluding tert-OH is 1. The fourth-order valence-corrected chi connectivity index (χ4v) is 3.88. The van der Waals surface area contributed by atoms with Crippen molar-refractivity contribution in [3.8, 4) is 11.8 Å². The third kappa shape index (κ3) is 9.35. The SMILES string of the molecule is C=C/C(O)=C(\C=C(/C)NC(=O)c1cnc(C(C)NC(=O)c2cc(C#CCN(CC)CC)ncn2)s1)C(F)(F)F. The van der Waals surface area contributed by atoms with Gasteiger partial charge in [-0.05, 0) is 45.0 Å². The predicted molar refractivity (Wildman–Crippen MR) is 142 cm³/mol. The third-order valence-corrected chi connectivity index (χ3v) is 6.40. The van der Waals surface area contributed by atoms with Gasteiger partial charge in [0.1, 0.15) is 33.4 Å². The number of carbonyl (C=O) groups is 2. The molecular formula is C26H29F3N6O3S. The van der Waals surface area contributed by atoms with E-state index < -0.39 is 35.4 Å². The molecule has 0 aliphatic heterocycles. The van der Waals surface area contributed by atoms with Crippen molar-refractivity contribution in [2.75, 3.05) is 19.6 Å². The average molecular weight is 563 g/mol. The zero-order valence-electron chi connectivity index (χ0n) is 21.9. The second kappa shape index (κ2) is 14.2. The van der Waals surface area contributed by atoms with Gasteiger partial charge in [-0.2, -0.15) is 13.2 Å². The maximum Gasteiger partial charge on any atom is 0.420 e. The van der Waals surface area contributed by atoms with Crippen molar-refractivity contribution in [3.05, 3.63) is 75.6 Å². The van der Waals surface area contributed by atoms with Gasteiger partial charge < -0.3 is 15.7 Å². The molecule has 2 heterocycles. The number of nitrogens with zero attached hydrogens (tertiary/aromatic N) is 4. The van der Waals surface area contributed by atoms with Crippen molar-refractivity contribution in [2.45, 2.75) is 39.9 Å². The second-order valence-electron chi connectivity index (χ2n) is 8.09. The van der Waals surface area contributed by atoms with Gasteiger partial charge in [0.05, 0.1) is 24.4 Å². The van der Waals surface area contributed by atoms with Crippen molar-refractivity contribution in [3.63, 3.8) is 0 Å². The monoisotopic (exact) mass is 562 g/mol. The number of hydrogen-bond acceptors (Lipinski definition) is 8. The minimum Gasteiger partial charge on any atom is -0.507 e. The average Bonchev–Trinajstić information content (AvgIpc) is 3.40. The van der Waals surface area contributed by atoms with Gasteiger partial charge in [-0.25, -0.2) is 15.0 Å². The molecule has 0 aliphatic carbocycles. The number of nitrogens with one attached hydrogen (secondary N) is 2. The van der Waals surface area contributed by atoms with E-state index in [9.17, 15) is 27.9 Å². The molecular weight excluding hydrogens is 533 g/mol. The molecule has 2 aromatic rings. The molecule has 0 bridgehead atoms. The molecule has 2 amide bonds. The molecule has 0 aromatic carbocycles. The number of rotatable bonds is 10. The number of halogens is 3. The third-order valence-electron chi connectivity index (χ3n) is 5.22. The highest BCUT2D eigenvalue weighted by Gasteiger charge is 2.35. The van der Waals surface area contributed by atoms with Crippen molar-refractivity contribution in [2.24, 2.45) is 0 Å². The van der Waals surface area contributed by atoms with Gasteiger partial charge in [-0.1, -0.05) is 26.3 Å². The van der Waals surface area contributed by atoms with Crippen LogP contribution in [-0.2, 0) is 0 Å². The molecule has 2 aromatic heterocycles. The molecule has 0 spiro atoms. The van der Waals surface area contributed by atoms with Crippen LogP contribution in [0, 0.1) is 11.8 Å². The molecule has 0 saturated heterocycles. The van der Waals surface area contributed by atoms with Crippen LogP contribution in [0.2, 0.25) is 0 Å². The van der Waals surface area contributed by atoms with E-state index in [1.807, 2.05) is 13.8 Å². The molecule has 208 valence electrons. The summed E-state index contributed by atoms with van der Waals surface area (Å²) in [5.41, 5.74) is -0.997. The molecule has 1 atom stereocenters. The summed E-state index contributed by atoms with van der Waals surface area (Å²) < 4.78 is 39.4. The summed E-state index contributed by atoms with van der Waals surface area (Å²) in [6, 6.07) is 0.873. The van der Waals surface area contributed by atoms with Crippen LogP contribution < -0.4 is 10.6 Å². The van der Waals surface area contributed by atoms with E-state index in [1.54, 1.807) is 6.92 Å². The normalized spacial score (nSPS) is 13.2. The maximum atomic E-state index is 13.1. The van der Waals surface area contributed by atoms with Crippen LogP contribution in [0.15, 0.2) is 54.4 Å². The minimum absolute atomic E-state index is 0.107. The summed E-state index contributed by atoms with van der Waals surface area (Å²) in [5, 5.41) is 14.9. The molecule has 9 nitrogen and oxygen atoms in total. The highest BCUT2D eigenvalue weighted by atomic mass is 32.1. The van der Waals surface area contributed by atoms with Crippen molar-refractivity contribution < 1.29 is 27.9 Å². The highest BCUT2D eigenvalue weighted by Crippen LogP contribution is 2.29. The summed E-state index contributed by atoms with van der Waals surface area (Å²) >= 11 is 0.960. The van der Waals surface area contributed by atoms with Crippen molar-refractivity contribution in [1.29, 1.82) is 0 Å². The van der Waals surface area contributed by atoms with Gasteiger partial charge >= 0.3 is 6.18 Å². The summed E-state index contributed by atoms with van der Waals surface area (Å²) in [7, 11) is 0. The molecule has 0 fully saturated rings. The Morgan fingerprint density at radius 2 is 1.92 bits per heavy atom. The van der Waals surface area contributed by atoms with E-state index in [1.165, 1.54) is 25.5 Å². The number of hydrogen-bond donors (Lipinski definition) is 3. The summed E-state index contributed by atoms with van der Waals surface area (Å²) in [5.74, 6) is 3.68. The Balaban J connectivity index is 2.07. The van der Waals surface area contributed by atoms with Crippen LogP contribution >= 0.6 is 11.3 Å². The van der Waals surface area contributed by atoms with Crippen LogP contribution in [0.3, 0.4) is 0 Å². The molecule has 3 N–H and O–H groups in total. The van der Waals surface area contributed by atoms with Gasteiger partial charge in [0.15, 0.2) is 0 Å². The van der Waals surface area contributed by atoms with E-state index in [0.29, 0.717) is 29.4 Å². The fourth-order valence-electron chi connectivity index (χ4n) is 3.07. The lowest BCUT2D eigenvalue weighted by atomic mass is 10.1. The second-order valence-corrected chi connectivity index (χ2v) is 9.15. The predicted octanol–water partition coefficient (Wildman–Crippen LogP) is 4.31. The van der Waals surface area contributed by atoms with Gasteiger partial charge in [-0.15, -0.1) is 11.3 Å². The van der Waals surface area contributed by atoms with E-state index >= 15 is 0 Å². The Morgan fingerprint density at radius 1 is 1.23 bits per heavy atom. The van der Waals surface area contributed by atoms with Crippen LogP contribution in [-0.4, -0.2) is 62.6 Å². The topological polar surface area (TPSA) is 120 Å². The number of aromatic nitrogens is 3. The summed E-state index contributed by atoms with van der Waals surface area (Å²) in [6.07, 6.45) is -1.09. The van der Waals surface area contributed by atoms with Gasteiger partial charge in [-0.3, -0.25) is 14.5 Å². The molecule has 1 unspecified atom stereocenters. The zero-order valence-corrected chi connectivity index (χ0v) is 22.7. The molecule has 0 aliphatic rings. The van der Waals surface area contributed by atoms with Crippen molar-refractivity contribution >= 4 is 23.2 Å². The lowest BCUT2D eigenvalue weighted by molar-refractivity contribution is -0.0905. The minimum atomic E-state index is -4.85. The lowest BCUT2D eigenvalue weighted by Crippen LogP contribution is -2.27. The van der Waals surface area contributed by atoms with E-state index in [4.69, 9.17) is 0 Å². The Kier molecular flexibility index (Phi) is 11.4. The standard InChI is InChI=1S/C26H29F3N6O3S/c1-6-21(36)19(26(27,28)29)12-16(4)33-24(38)22-14-30-25(39-22)17(5)34-23(37)20-13-18(31-15-32-20)10-9-11-35(7-2)8-3/h6,12-15,17,36H,1,7-8,11H2,2-5H3,(H,33,38)(H,34,37)/b16-12+,21-19-. The fraction of sp³-hybridized carbons (Fsp3) is 0.346. The first-order chi connectivity index (χ1) is 18.4. The molecule has 0 radical (unpaired) electrons. The maximum absolute atomic E-state index is 13.1. The lowest BCUT2D eigenvalue weighted by Gasteiger charge is -2.13. The highest BCUT2D eigenvalue weighted by molar-refractivity contribution is 7.13. The van der Waals surface area contributed by atoms with Crippen LogP contribution in [0.4, 0.5) is 13.2 Å². The van der Waals surface area contributed by atoms with E-state index in [2.05, 4.69) is 48.9 Å². The Hall–Kier alpha value is -4.02. The van der Waals surface area contributed by atoms with Gasteiger partial charge in [0.25, 0.3) is 11.8 Å². The summed E-state index contributed by atoms with van der Waals surface area (Å²) in [4.78, 5) is 39.7. The van der Waals surface area contributed by atoms with Crippen LogP contribution in [0.5, 0.6) is 0 Å². The molecule has 13 heteroatoms. The quantitative estimate of drug-likeness (QED) is 0.224. The molecule has 0 saturated carbocycles.